The monoisotopic (exact) mass is 209 g/mol. The van der Waals surface area contributed by atoms with E-state index in [1.807, 2.05) is 12.1 Å². The zero-order chi connectivity index (χ0) is 10.7. The van der Waals surface area contributed by atoms with Gasteiger partial charge in [-0.1, -0.05) is 6.07 Å². The van der Waals surface area contributed by atoms with Crippen molar-refractivity contribution in [1.82, 2.24) is 4.98 Å². The Labute approximate surface area is 88.4 Å². The zero-order valence-corrected chi connectivity index (χ0v) is 8.43. The number of nitrogens with two attached hydrogens (primary N) is 2. The van der Waals surface area contributed by atoms with Gasteiger partial charge in [0, 0.05) is 11.8 Å². The molecule has 0 spiro atoms. The zero-order valence-electron chi connectivity index (χ0n) is 8.43. The Morgan fingerprint density at radius 2 is 2.33 bits per heavy atom. The molecule has 82 valence electrons. The lowest BCUT2D eigenvalue weighted by molar-refractivity contribution is -0.0975. The van der Waals surface area contributed by atoms with E-state index in [2.05, 4.69) is 4.98 Å². The first-order valence-electron chi connectivity index (χ1n) is 4.94. The lowest BCUT2D eigenvalue weighted by Gasteiger charge is -2.28. The highest BCUT2D eigenvalue weighted by Gasteiger charge is 2.24. The van der Waals surface area contributed by atoms with E-state index >= 15 is 0 Å². The van der Waals surface area contributed by atoms with Crippen LogP contribution in [0, 0.1) is 0 Å². The highest BCUT2D eigenvalue weighted by atomic mass is 16.6. The van der Waals surface area contributed by atoms with Crippen molar-refractivity contribution in [3.63, 3.8) is 0 Å². The van der Waals surface area contributed by atoms with Crippen LogP contribution in [0.15, 0.2) is 18.3 Å². The van der Waals surface area contributed by atoms with Gasteiger partial charge >= 0.3 is 0 Å². The van der Waals surface area contributed by atoms with Crippen molar-refractivity contribution in [2.75, 3.05) is 25.6 Å². The Morgan fingerprint density at radius 1 is 1.47 bits per heavy atom. The topological polar surface area (TPSA) is 83.4 Å². The predicted molar refractivity (Wildman–Crippen MR) is 56.1 cm³/mol. The van der Waals surface area contributed by atoms with E-state index in [1.54, 1.807) is 6.20 Å². The summed E-state index contributed by atoms with van der Waals surface area (Å²) < 4.78 is 10.8. The molecule has 1 fully saturated rings. The summed E-state index contributed by atoms with van der Waals surface area (Å²) in [6.07, 6.45) is 1.51. The largest absolute Gasteiger partial charge is 0.383 e. The minimum Gasteiger partial charge on any atom is -0.383 e. The lowest BCUT2D eigenvalue weighted by atomic mass is 10.0. The van der Waals surface area contributed by atoms with Crippen molar-refractivity contribution in [2.45, 2.75) is 12.1 Å². The molecule has 2 unspecified atom stereocenters. The smallest absolute Gasteiger partial charge is 0.128 e. The van der Waals surface area contributed by atoms with Crippen LogP contribution in [0.1, 0.15) is 11.6 Å². The van der Waals surface area contributed by atoms with Crippen molar-refractivity contribution in [3.05, 3.63) is 23.9 Å². The molecule has 1 aliphatic heterocycles. The van der Waals surface area contributed by atoms with Gasteiger partial charge in [-0.05, 0) is 6.07 Å². The van der Waals surface area contributed by atoms with Gasteiger partial charge in [0.1, 0.15) is 11.9 Å². The Bertz CT molecular complexity index is 326. The molecule has 1 aliphatic rings. The van der Waals surface area contributed by atoms with Crippen LogP contribution in [0.25, 0.3) is 0 Å². The van der Waals surface area contributed by atoms with Crippen LogP contribution in [0.4, 0.5) is 5.82 Å². The molecule has 5 nitrogen and oxygen atoms in total. The molecular formula is C10H15N3O2. The highest BCUT2D eigenvalue weighted by Crippen LogP contribution is 2.22. The summed E-state index contributed by atoms with van der Waals surface area (Å²) in [7, 11) is 0. The Morgan fingerprint density at radius 3 is 3.00 bits per heavy atom. The van der Waals surface area contributed by atoms with Crippen LogP contribution < -0.4 is 11.5 Å². The van der Waals surface area contributed by atoms with Crippen molar-refractivity contribution in [2.24, 2.45) is 5.73 Å². The van der Waals surface area contributed by atoms with E-state index in [9.17, 15) is 0 Å². The SMILES string of the molecule is Nc1ncccc1C(N)C1COCCO1. The van der Waals surface area contributed by atoms with Crippen LogP contribution in [-0.4, -0.2) is 30.9 Å². The first-order valence-corrected chi connectivity index (χ1v) is 4.94. The third-order valence-electron chi connectivity index (χ3n) is 2.47. The molecule has 2 rings (SSSR count). The molecule has 0 aromatic carbocycles. The maximum absolute atomic E-state index is 6.05. The van der Waals surface area contributed by atoms with Gasteiger partial charge in [0.25, 0.3) is 0 Å². The molecule has 0 amide bonds. The van der Waals surface area contributed by atoms with E-state index in [0.29, 0.717) is 25.6 Å². The molecule has 15 heavy (non-hydrogen) atoms. The molecule has 1 aromatic heterocycles. The number of nitrogens with zero attached hydrogens (tertiary/aromatic N) is 1. The normalized spacial score (nSPS) is 23.7. The second kappa shape index (κ2) is 4.57. The standard InChI is InChI=1S/C10H15N3O2/c11-9(8-6-14-4-5-15-8)7-2-1-3-13-10(7)12/h1-3,8-9H,4-6,11H2,(H2,12,13). The minimum absolute atomic E-state index is 0.134. The van der Waals surface area contributed by atoms with Crippen LogP contribution >= 0.6 is 0 Å². The quantitative estimate of drug-likeness (QED) is 0.720. The van der Waals surface area contributed by atoms with E-state index in [4.69, 9.17) is 20.9 Å². The average molecular weight is 209 g/mol. The van der Waals surface area contributed by atoms with Gasteiger partial charge < -0.3 is 20.9 Å². The molecular weight excluding hydrogens is 194 g/mol. The second-order valence-electron chi connectivity index (χ2n) is 3.49. The van der Waals surface area contributed by atoms with Gasteiger partial charge in [0.15, 0.2) is 0 Å². The van der Waals surface area contributed by atoms with Crippen LogP contribution in [-0.2, 0) is 9.47 Å². The molecule has 0 aliphatic carbocycles. The maximum Gasteiger partial charge on any atom is 0.128 e. The van der Waals surface area contributed by atoms with Crippen LogP contribution in [0.2, 0.25) is 0 Å². The number of pyridine rings is 1. The maximum atomic E-state index is 6.05. The van der Waals surface area contributed by atoms with Crippen molar-refractivity contribution in [1.29, 1.82) is 0 Å². The van der Waals surface area contributed by atoms with E-state index < -0.39 is 0 Å². The summed E-state index contributed by atoms with van der Waals surface area (Å²) in [4.78, 5) is 4.00. The molecule has 5 heteroatoms. The van der Waals surface area contributed by atoms with Gasteiger partial charge in [0.05, 0.1) is 25.9 Å². The molecule has 2 atom stereocenters. The predicted octanol–water partition coefficient (Wildman–Crippen LogP) is 0.0790. The summed E-state index contributed by atoms with van der Waals surface area (Å²) in [5.41, 5.74) is 12.6. The number of anilines is 1. The number of hydrogen-bond donors (Lipinski definition) is 2. The molecule has 0 radical (unpaired) electrons. The molecule has 0 bridgehead atoms. The van der Waals surface area contributed by atoms with Crippen LogP contribution in [0.3, 0.4) is 0 Å². The number of rotatable bonds is 2. The average Bonchev–Trinajstić information content (AvgIpc) is 2.30. The first kappa shape index (κ1) is 10.4. The lowest BCUT2D eigenvalue weighted by Crippen LogP contribution is -2.38. The summed E-state index contributed by atoms with van der Waals surface area (Å²) in [5, 5.41) is 0. The highest BCUT2D eigenvalue weighted by molar-refractivity contribution is 5.41. The molecule has 0 saturated carbocycles. The van der Waals surface area contributed by atoms with Gasteiger partial charge in [0.2, 0.25) is 0 Å². The molecule has 1 saturated heterocycles. The van der Waals surface area contributed by atoms with Crippen molar-refractivity contribution >= 4 is 5.82 Å². The third kappa shape index (κ3) is 2.26. The molecule has 2 heterocycles. The summed E-state index contributed by atoms with van der Waals surface area (Å²) >= 11 is 0. The molecule has 4 N–H and O–H groups in total. The van der Waals surface area contributed by atoms with Crippen molar-refractivity contribution in [3.8, 4) is 0 Å². The fraction of sp³-hybridized carbons (Fsp3) is 0.500. The second-order valence-corrected chi connectivity index (χ2v) is 3.49. The van der Waals surface area contributed by atoms with E-state index in [1.165, 1.54) is 0 Å². The Balaban J connectivity index is 2.12. The van der Waals surface area contributed by atoms with Gasteiger partial charge in [-0.2, -0.15) is 0 Å². The van der Waals surface area contributed by atoms with Crippen molar-refractivity contribution < 1.29 is 9.47 Å². The summed E-state index contributed by atoms with van der Waals surface area (Å²) in [6.45, 7) is 1.72. The summed E-state index contributed by atoms with van der Waals surface area (Å²) in [5.74, 6) is 0.458. The Kier molecular flexibility index (Phi) is 3.15. The summed E-state index contributed by atoms with van der Waals surface area (Å²) in [6, 6.07) is 3.40. The number of nitrogen functional groups attached to an aromatic ring is 1. The number of ether oxygens (including phenoxy) is 2. The van der Waals surface area contributed by atoms with Gasteiger partial charge in [-0.3, -0.25) is 0 Å². The third-order valence-corrected chi connectivity index (χ3v) is 2.47. The number of aromatic nitrogens is 1. The first-order chi connectivity index (χ1) is 7.29. The van der Waals surface area contributed by atoms with E-state index in [-0.39, 0.29) is 12.1 Å². The molecule has 1 aromatic rings. The van der Waals surface area contributed by atoms with E-state index in [0.717, 1.165) is 5.56 Å². The fourth-order valence-electron chi connectivity index (χ4n) is 1.63. The Hall–Kier alpha value is -1.17. The van der Waals surface area contributed by atoms with Crippen LogP contribution in [0.5, 0.6) is 0 Å². The fourth-order valence-corrected chi connectivity index (χ4v) is 1.63. The van der Waals surface area contributed by atoms with Gasteiger partial charge in [-0.25, -0.2) is 4.98 Å². The minimum atomic E-state index is -0.279. The number of hydrogen-bond acceptors (Lipinski definition) is 5. The van der Waals surface area contributed by atoms with Gasteiger partial charge in [-0.15, -0.1) is 0 Å².